The lowest BCUT2D eigenvalue weighted by molar-refractivity contribution is 0.272. The van der Waals surface area contributed by atoms with Gasteiger partial charge in [0.2, 0.25) is 0 Å². The lowest BCUT2D eigenvalue weighted by Gasteiger charge is -2.37. The second-order valence-corrected chi connectivity index (χ2v) is 7.38. The standard InChI is InChI=1S/C23H35BNO/c1-6-14-23(21(5)25-18-24-26,15-9-7-8-11-19(2)3)17-22-13-10-12-20(4)16-22/h8,10-13,16,25-26H,2,5-7,9,14-15,17-18H2,1,3-4H3/b11-8+. The van der Waals surface area contributed by atoms with Gasteiger partial charge in [0.1, 0.15) is 0 Å². The van der Waals surface area contributed by atoms with Crippen molar-refractivity contribution in [2.24, 2.45) is 5.41 Å². The third-order valence-corrected chi connectivity index (χ3v) is 4.83. The smallest absolute Gasteiger partial charge is 0.308 e. The third kappa shape index (κ3) is 7.66. The zero-order valence-electron chi connectivity index (χ0n) is 16.9. The van der Waals surface area contributed by atoms with Crippen molar-refractivity contribution in [3.8, 4) is 0 Å². The van der Waals surface area contributed by atoms with Crippen molar-refractivity contribution in [1.82, 2.24) is 5.32 Å². The van der Waals surface area contributed by atoms with Crippen LogP contribution < -0.4 is 5.32 Å². The Morgan fingerprint density at radius 3 is 2.69 bits per heavy atom. The molecule has 0 aliphatic heterocycles. The molecular formula is C23H35BNO. The number of rotatable bonds is 13. The zero-order chi connectivity index (χ0) is 19.4. The summed E-state index contributed by atoms with van der Waals surface area (Å²) in [6, 6.07) is 8.76. The summed E-state index contributed by atoms with van der Waals surface area (Å²) in [5.74, 6) is 0. The molecule has 0 aliphatic carbocycles. The Morgan fingerprint density at radius 2 is 2.08 bits per heavy atom. The van der Waals surface area contributed by atoms with Gasteiger partial charge in [-0.1, -0.05) is 74.1 Å². The van der Waals surface area contributed by atoms with Crippen LogP contribution in [0.5, 0.6) is 0 Å². The van der Waals surface area contributed by atoms with Crippen LogP contribution in [0.4, 0.5) is 0 Å². The van der Waals surface area contributed by atoms with Gasteiger partial charge >= 0.3 is 7.48 Å². The second-order valence-electron chi connectivity index (χ2n) is 7.38. The Balaban J connectivity index is 2.97. The van der Waals surface area contributed by atoms with E-state index < -0.39 is 0 Å². The first-order valence-corrected chi connectivity index (χ1v) is 9.70. The van der Waals surface area contributed by atoms with E-state index in [0.29, 0.717) is 6.44 Å². The van der Waals surface area contributed by atoms with Gasteiger partial charge in [0, 0.05) is 17.6 Å². The first kappa shape index (κ1) is 22.3. The number of hydrogen-bond donors (Lipinski definition) is 2. The molecule has 1 aromatic carbocycles. The monoisotopic (exact) mass is 352 g/mol. The van der Waals surface area contributed by atoms with E-state index in [0.717, 1.165) is 57.3 Å². The second kappa shape index (κ2) is 11.8. The van der Waals surface area contributed by atoms with E-state index in [1.54, 1.807) is 0 Å². The van der Waals surface area contributed by atoms with E-state index >= 15 is 0 Å². The topological polar surface area (TPSA) is 32.3 Å². The molecule has 0 spiro atoms. The van der Waals surface area contributed by atoms with Crippen molar-refractivity contribution in [2.75, 3.05) is 6.44 Å². The van der Waals surface area contributed by atoms with Gasteiger partial charge in [-0.2, -0.15) is 0 Å². The summed E-state index contributed by atoms with van der Waals surface area (Å²) in [4.78, 5) is 0. The summed E-state index contributed by atoms with van der Waals surface area (Å²) >= 11 is 0. The highest BCUT2D eigenvalue weighted by Crippen LogP contribution is 2.40. The van der Waals surface area contributed by atoms with Gasteiger partial charge in [0.05, 0.1) is 0 Å². The molecule has 1 radical (unpaired) electrons. The molecule has 26 heavy (non-hydrogen) atoms. The molecule has 1 unspecified atom stereocenters. The number of hydrogen-bond acceptors (Lipinski definition) is 2. The average molecular weight is 352 g/mol. The van der Waals surface area contributed by atoms with Crippen LogP contribution in [0.2, 0.25) is 0 Å². The fourth-order valence-electron chi connectivity index (χ4n) is 3.60. The van der Waals surface area contributed by atoms with E-state index in [-0.39, 0.29) is 5.41 Å². The highest BCUT2D eigenvalue weighted by Gasteiger charge is 2.32. The maximum Gasteiger partial charge on any atom is 0.308 e. The zero-order valence-corrected chi connectivity index (χ0v) is 16.9. The molecule has 1 atom stereocenters. The predicted molar refractivity (Wildman–Crippen MR) is 115 cm³/mol. The normalized spacial score (nSPS) is 13.4. The molecule has 3 heteroatoms. The minimum atomic E-state index is 0.00260. The van der Waals surface area contributed by atoms with Crippen molar-refractivity contribution in [3.63, 3.8) is 0 Å². The summed E-state index contributed by atoms with van der Waals surface area (Å²) in [6.07, 6.45) is 11.1. The molecule has 0 saturated heterocycles. The largest absolute Gasteiger partial charge is 0.452 e. The summed E-state index contributed by atoms with van der Waals surface area (Å²) < 4.78 is 0. The summed E-state index contributed by atoms with van der Waals surface area (Å²) in [5, 5.41) is 12.4. The van der Waals surface area contributed by atoms with Gasteiger partial charge in [0.15, 0.2) is 0 Å². The van der Waals surface area contributed by atoms with E-state index in [4.69, 9.17) is 5.02 Å². The minimum Gasteiger partial charge on any atom is -0.452 e. The molecular weight excluding hydrogens is 317 g/mol. The quantitative estimate of drug-likeness (QED) is 0.287. The molecule has 141 valence electrons. The van der Waals surface area contributed by atoms with Crippen LogP contribution in [-0.2, 0) is 6.42 Å². The fourth-order valence-corrected chi connectivity index (χ4v) is 3.60. The molecule has 1 rings (SSSR count). The molecule has 0 aliphatic rings. The number of allylic oxidation sites excluding steroid dienone is 4. The molecule has 1 aromatic rings. The van der Waals surface area contributed by atoms with Crippen LogP contribution in [0.15, 0.2) is 60.8 Å². The lowest BCUT2D eigenvalue weighted by atomic mass is 9.71. The molecule has 0 bridgehead atoms. The average Bonchev–Trinajstić information content (AvgIpc) is 2.59. The van der Waals surface area contributed by atoms with E-state index in [1.807, 2.05) is 6.92 Å². The number of benzene rings is 1. The molecule has 2 nitrogen and oxygen atoms in total. The van der Waals surface area contributed by atoms with Crippen molar-refractivity contribution in [1.29, 1.82) is 0 Å². The van der Waals surface area contributed by atoms with Crippen molar-refractivity contribution >= 4 is 7.48 Å². The minimum absolute atomic E-state index is 0.00260. The Morgan fingerprint density at radius 1 is 1.31 bits per heavy atom. The van der Waals surface area contributed by atoms with Crippen LogP contribution in [-0.4, -0.2) is 19.0 Å². The van der Waals surface area contributed by atoms with Crippen LogP contribution in [0.1, 0.15) is 57.1 Å². The van der Waals surface area contributed by atoms with Crippen molar-refractivity contribution in [3.05, 3.63) is 72.0 Å². The maximum atomic E-state index is 9.09. The van der Waals surface area contributed by atoms with Gasteiger partial charge in [-0.25, -0.2) is 0 Å². The molecule has 0 heterocycles. The Bertz CT molecular complexity index is 608. The summed E-state index contributed by atoms with van der Waals surface area (Å²) in [7, 11) is 1.16. The van der Waals surface area contributed by atoms with Crippen LogP contribution >= 0.6 is 0 Å². The number of unbranched alkanes of at least 4 members (excludes halogenated alkanes) is 1. The summed E-state index contributed by atoms with van der Waals surface area (Å²) in [5.41, 5.74) is 4.78. The van der Waals surface area contributed by atoms with Crippen LogP contribution in [0.25, 0.3) is 0 Å². The van der Waals surface area contributed by atoms with E-state index in [9.17, 15) is 0 Å². The third-order valence-electron chi connectivity index (χ3n) is 4.83. The highest BCUT2D eigenvalue weighted by atomic mass is 16.2. The molecule has 2 N–H and O–H groups in total. The SMILES string of the molecule is C=C(C)/C=C/CCCC(CCC)(Cc1cccc(C)c1)C(=C)NC[B]O. The van der Waals surface area contributed by atoms with Gasteiger partial charge in [-0.15, -0.1) is 0 Å². The Labute approximate surface area is 161 Å². The van der Waals surface area contributed by atoms with Crippen LogP contribution in [0, 0.1) is 12.3 Å². The summed E-state index contributed by atoms with van der Waals surface area (Å²) in [6.45, 7) is 14.7. The maximum absolute atomic E-state index is 9.09. The van der Waals surface area contributed by atoms with Crippen molar-refractivity contribution in [2.45, 2.75) is 59.3 Å². The van der Waals surface area contributed by atoms with Gasteiger partial charge in [0.25, 0.3) is 0 Å². The number of aryl methyl sites for hydroxylation is 1. The molecule has 0 saturated carbocycles. The molecule has 0 aromatic heterocycles. The Hall–Kier alpha value is -1.74. The van der Waals surface area contributed by atoms with Gasteiger partial charge < -0.3 is 10.3 Å². The Kier molecular flexibility index (Phi) is 10.1. The fraction of sp³-hybridized carbons (Fsp3) is 0.478. The predicted octanol–water partition coefficient (Wildman–Crippen LogP) is 5.30. The van der Waals surface area contributed by atoms with Gasteiger partial charge in [-0.3, -0.25) is 0 Å². The molecule has 0 fully saturated rings. The lowest BCUT2D eigenvalue weighted by Crippen LogP contribution is -2.35. The number of nitrogens with one attached hydrogen (secondary N) is 1. The van der Waals surface area contributed by atoms with Gasteiger partial charge in [-0.05, 0) is 51.5 Å². The first-order valence-electron chi connectivity index (χ1n) is 9.70. The first-order chi connectivity index (χ1) is 12.4. The van der Waals surface area contributed by atoms with Crippen molar-refractivity contribution < 1.29 is 5.02 Å². The van der Waals surface area contributed by atoms with E-state index in [2.05, 4.69) is 68.7 Å². The van der Waals surface area contributed by atoms with Crippen LogP contribution in [0.3, 0.4) is 0 Å². The van der Waals surface area contributed by atoms with E-state index in [1.165, 1.54) is 11.1 Å². The molecule has 0 amide bonds. The highest BCUT2D eigenvalue weighted by molar-refractivity contribution is 6.25.